The highest BCUT2D eigenvalue weighted by atomic mass is 35.5. The van der Waals surface area contributed by atoms with Crippen LogP contribution in [-0.4, -0.2) is 0 Å². The van der Waals surface area contributed by atoms with E-state index in [2.05, 4.69) is 32.9 Å². The number of benzene rings is 1. The SMILES string of the molecule is CCc1c(Cl)cccc1CC(C)CC. The fourth-order valence-corrected chi connectivity index (χ4v) is 2.04. The van der Waals surface area contributed by atoms with Crippen molar-refractivity contribution in [1.29, 1.82) is 0 Å². The standard InChI is InChI=1S/C13H19Cl/c1-4-10(3)9-11-7-6-8-13(14)12(11)5-2/h6-8,10H,4-5,9H2,1-3H3. The van der Waals surface area contributed by atoms with Crippen molar-refractivity contribution in [1.82, 2.24) is 0 Å². The summed E-state index contributed by atoms with van der Waals surface area (Å²) in [7, 11) is 0. The summed E-state index contributed by atoms with van der Waals surface area (Å²) in [5.41, 5.74) is 2.75. The predicted octanol–water partition coefficient (Wildman–Crippen LogP) is 4.49. The molecule has 1 atom stereocenters. The summed E-state index contributed by atoms with van der Waals surface area (Å²) < 4.78 is 0. The summed E-state index contributed by atoms with van der Waals surface area (Å²) in [5.74, 6) is 0.749. The van der Waals surface area contributed by atoms with Gasteiger partial charge in [0.15, 0.2) is 0 Å². The summed E-state index contributed by atoms with van der Waals surface area (Å²) >= 11 is 6.16. The van der Waals surface area contributed by atoms with Crippen LogP contribution in [0.1, 0.15) is 38.3 Å². The van der Waals surface area contributed by atoms with E-state index in [1.807, 2.05) is 6.07 Å². The zero-order valence-corrected chi connectivity index (χ0v) is 10.1. The molecule has 0 N–H and O–H groups in total. The van der Waals surface area contributed by atoms with E-state index in [0.717, 1.165) is 23.8 Å². The maximum absolute atomic E-state index is 6.16. The third kappa shape index (κ3) is 2.75. The lowest BCUT2D eigenvalue weighted by Gasteiger charge is -2.13. The van der Waals surface area contributed by atoms with E-state index >= 15 is 0 Å². The van der Waals surface area contributed by atoms with Gasteiger partial charge in [0.25, 0.3) is 0 Å². The van der Waals surface area contributed by atoms with Gasteiger partial charge in [-0.2, -0.15) is 0 Å². The van der Waals surface area contributed by atoms with Gasteiger partial charge in [0.1, 0.15) is 0 Å². The Morgan fingerprint density at radius 2 is 2.00 bits per heavy atom. The van der Waals surface area contributed by atoms with Crippen LogP contribution in [-0.2, 0) is 12.8 Å². The van der Waals surface area contributed by atoms with Crippen LogP contribution in [0.4, 0.5) is 0 Å². The molecule has 1 heteroatoms. The lowest BCUT2D eigenvalue weighted by Crippen LogP contribution is -2.01. The second-order valence-electron chi connectivity index (χ2n) is 3.95. The molecule has 0 aliphatic heterocycles. The second-order valence-corrected chi connectivity index (χ2v) is 4.36. The average molecular weight is 211 g/mol. The number of hydrogen-bond donors (Lipinski definition) is 0. The summed E-state index contributed by atoms with van der Waals surface area (Å²) in [6.45, 7) is 6.70. The highest BCUT2D eigenvalue weighted by Crippen LogP contribution is 2.23. The largest absolute Gasteiger partial charge is 0.0840 e. The van der Waals surface area contributed by atoms with Crippen LogP contribution in [0.3, 0.4) is 0 Å². The first-order valence-corrected chi connectivity index (χ1v) is 5.83. The van der Waals surface area contributed by atoms with Crippen molar-refractivity contribution < 1.29 is 0 Å². The molecule has 0 nitrogen and oxygen atoms in total. The van der Waals surface area contributed by atoms with Crippen molar-refractivity contribution in [3.63, 3.8) is 0 Å². The van der Waals surface area contributed by atoms with Gasteiger partial charge in [-0.05, 0) is 36.0 Å². The Balaban J connectivity index is 2.90. The Bertz CT molecular complexity index is 291. The second kappa shape index (κ2) is 5.41. The smallest absolute Gasteiger partial charge is 0.0440 e. The average Bonchev–Trinajstić information content (AvgIpc) is 2.18. The van der Waals surface area contributed by atoms with E-state index in [-0.39, 0.29) is 0 Å². The summed E-state index contributed by atoms with van der Waals surface area (Å²) in [5, 5.41) is 0.924. The van der Waals surface area contributed by atoms with Gasteiger partial charge < -0.3 is 0 Å². The maximum atomic E-state index is 6.16. The first-order chi connectivity index (χ1) is 6.69. The van der Waals surface area contributed by atoms with Crippen molar-refractivity contribution in [2.45, 2.75) is 40.0 Å². The molecule has 78 valence electrons. The van der Waals surface area contributed by atoms with Crippen molar-refractivity contribution in [2.75, 3.05) is 0 Å². The van der Waals surface area contributed by atoms with Crippen molar-refractivity contribution in [3.8, 4) is 0 Å². The Labute approximate surface area is 92.3 Å². The van der Waals surface area contributed by atoms with E-state index < -0.39 is 0 Å². The molecule has 0 aliphatic carbocycles. The minimum absolute atomic E-state index is 0.749. The molecule has 0 amide bonds. The van der Waals surface area contributed by atoms with Crippen LogP contribution in [0.15, 0.2) is 18.2 Å². The Hall–Kier alpha value is -0.490. The zero-order valence-electron chi connectivity index (χ0n) is 9.31. The highest BCUT2D eigenvalue weighted by Gasteiger charge is 2.07. The summed E-state index contributed by atoms with van der Waals surface area (Å²) in [4.78, 5) is 0. The molecule has 0 bridgehead atoms. The van der Waals surface area contributed by atoms with Crippen molar-refractivity contribution >= 4 is 11.6 Å². The Morgan fingerprint density at radius 3 is 2.57 bits per heavy atom. The summed E-state index contributed by atoms with van der Waals surface area (Å²) in [6, 6.07) is 6.25. The van der Waals surface area contributed by atoms with Crippen LogP contribution < -0.4 is 0 Å². The van der Waals surface area contributed by atoms with Gasteiger partial charge >= 0.3 is 0 Å². The topological polar surface area (TPSA) is 0 Å². The molecule has 0 aromatic heterocycles. The molecule has 0 fully saturated rings. The molecule has 0 saturated carbocycles. The van der Waals surface area contributed by atoms with E-state index in [4.69, 9.17) is 11.6 Å². The van der Waals surface area contributed by atoms with E-state index in [9.17, 15) is 0 Å². The van der Waals surface area contributed by atoms with Crippen LogP contribution in [0.25, 0.3) is 0 Å². The number of rotatable bonds is 4. The lowest BCUT2D eigenvalue weighted by atomic mass is 9.94. The molecular formula is C13H19Cl. The van der Waals surface area contributed by atoms with Gasteiger partial charge in [0, 0.05) is 5.02 Å². The van der Waals surface area contributed by atoms with Crippen molar-refractivity contribution in [3.05, 3.63) is 34.3 Å². The maximum Gasteiger partial charge on any atom is 0.0440 e. The molecule has 1 rings (SSSR count). The fraction of sp³-hybridized carbons (Fsp3) is 0.538. The fourth-order valence-electron chi connectivity index (χ4n) is 1.71. The molecule has 0 aliphatic rings. The predicted molar refractivity (Wildman–Crippen MR) is 64.0 cm³/mol. The van der Waals surface area contributed by atoms with E-state index in [1.54, 1.807) is 0 Å². The molecule has 0 saturated heterocycles. The van der Waals surface area contributed by atoms with Gasteiger partial charge in [-0.25, -0.2) is 0 Å². The van der Waals surface area contributed by atoms with Crippen LogP contribution in [0.2, 0.25) is 5.02 Å². The number of hydrogen-bond acceptors (Lipinski definition) is 0. The minimum Gasteiger partial charge on any atom is -0.0840 e. The van der Waals surface area contributed by atoms with Gasteiger partial charge in [0.2, 0.25) is 0 Å². The molecule has 1 unspecified atom stereocenters. The van der Waals surface area contributed by atoms with E-state index in [1.165, 1.54) is 17.5 Å². The monoisotopic (exact) mass is 210 g/mol. The third-order valence-corrected chi connectivity index (χ3v) is 3.19. The normalized spacial score (nSPS) is 12.9. The van der Waals surface area contributed by atoms with Gasteiger partial charge in [-0.15, -0.1) is 0 Å². The van der Waals surface area contributed by atoms with Gasteiger partial charge in [-0.3, -0.25) is 0 Å². The molecule has 0 radical (unpaired) electrons. The molecular weight excluding hydrogens is 192 g/mol. The Kier molecular flexibility index (Phi) is 4.47. The zero-order chi connectivity index (χ0) is 10.6. The van der Waals surface area contributed by atoms with Crippen LogP contribution in [0, 0.1) is 5.92 Å². The third-order valence-electron chi connectivity index (χ3n) is 2.83. The number of halogens is 1. The highest BCUT2D eigenvalue weighted by molar-refractivity contribution is 6.31. The van der Waals surface area contributed by atoms with Gasteiger partial charge in [0.05, 0.1) is 0 Å². The minimum atomic E-state index is 0.749. The van der Waals surface area contributed by atoms with E-state index in [0.29, 0.717) is 0 Å². The summed E-state index contributed by atoms with van der Waals surface area (Å²) in [6.07, 6.45) is 3.42. The molecule has 14 heavy (non-hydrogen) atoms. The van der Waals surface area contributed by atoms with Crippen LogP contribution in [0.5, 0.6) is 0 Å². The first-order valence-electron chi connectivity index (χ1n) is 5.45. The van der Waals surface area contributed by atoms with Crippen LogP contribution >= 0.6 is 11.6 Å². The molecule has 0 heterocycles. The van der Waals surface area contributed by atoms with Gasteiger partial charge in [-0.1, -0.05) is 50.9 Å². The van der Waals surface area contributed by atoms with Crippen molar-refractivity contribution in [2.24, 2.45) is 5.92 Å². The first kappa shape index (κ1) is 11.6. The molecule has 1 aromatic rings. The quantitative estimate of drug-likeness (QED) is 0.687. The lowest BCUT2D eigenvalue weighted by molar-refractivity contribution is 0.558. The molecule has 1 aromatic carbocycles. The Morgan fingerprint density at radius 1 is 1.29 bits per heavy atom. The molecule has 0 spiro atoms.